The van der Waals surface area contributed by atoms with Crippen LogP contribution in [0.3, 0.4) is 0 Å². The van der Waals surface area contributed by atoms with Crippen LogP contribution in [0.5, 0.6) is 0 Å². The van der Waals surface area contributed by atoms with E-state index in [2.05, 4.69) is 41.9 Å². The van der Waals surface area contributed by atoms with Gasteiger partial charge >= 0.3 is 36.6 Å². The highest BCUT2D eigenvalue weighted by atomic mass is 16.6. The fourth-order valence-corrected chi connectivity index (χ4v) is 14.7. The first-order valence-electron chi connectivity index (χ1n) is 58.4. The predicted octanol–water partition coefficient (Wildman–Crippen LogP) is 11.5. The highest BCUT2D eigenvalue weighted by molar-refractivity contribution is 5.88. The maximum atomic E-state index is 11.3. The largest absolute Gasteiger partial charge is 0.447 e. The molecule has 6 saturated heterocycles. The number of carbonyl (C=O) groups is 6. The number of ether oxygens (including phenoxy) is 6. The molecule has 6 aliphatic rings. The first kappa shape index (κ1) is 55.4. The van der Waals surface area contributed by atoms with Crippen molar-refractivity contribution in [2.24, 2.45) is 0 Å². The third-order valence-corrected chi connectivity index (χ3v) is 20.9. The van der Waals surface area contributed by atoms with Gasteiger partial charge in [0, 0.05) is 183 Å². The maximum Gasteiger partial charge on any atom is 0.407 e. The number of aromatic amines is 6. The van der Waals surface area contributed by atoms with Crippen molar-refractivity contribution in [1.82, 2.24) is 91.2 Å². The topological polar surface area (TPSA) is 344 Å². The Balaban J connectivity index is 0.000000161. The number of amides is 6. The van der Waals surface area contributed by atoms with E-state index in [1.807, 2.05) is 81.0 Å². The van der Waals surface area contributed by atoms with Gasteiger partial charge in [-0.05, 0) is 301 Å². The molecule has 0 unspecified atom stereocenters. The lowest BCUT2D eigenvalue weighted by Gasteiger charge is -2.09. The minimum absolute atomic E-state index is 0.0251. The smallest absolute Gasteiger partial charge is 0.407 e. The predicted molar refractivity (Wildman–Crippen MR) is 495 cm³/mol. The number of aromatic nitrogens is 6. The number of alkyl carbamates (subject to hydrolysis) is 6. The van der Waals surface area contributed by atoms with E-state index >= 15 is 0 Å². The highest BCUT2D eigenvalue weighted by Crippen LogP contribution is 2.29. The van der Waals surface area contributed by atoms with Gasteiger partial charge in [-0.1, -0.05) is 36.4 Å². The second kappa shape index (κ2) is 43.7. The van der Waals surface area contributed by atoms with Crippen LogP contribution in [0, 0.1) is 0 Å². The average Bonchev–Trinajstić information content (AvgIpc) is 1.19. The molecule has 0 radical (unpaired) electrons. The highest BCUT2D eigenvalue weighted by Gasteiger charge is 2.29. The zero-order chi connectivity index (χ0) is 120. The lowest BCUT2D eigenvalue weighted by atomic mass is 10.0. The summed E-state index contributed by atoms with van der Waals surface area (Å²) < 4.78 is 310. The second-order valence-electron chi connectivity index (χ2n) is 31.4. The van der Waals surface area contributed by atoms with Crippen molar-refractivity contribution in [3.05, 3.63) is 213 Å². The number of nitrogens with one attached hydrogen (secondary N) is 12. The van der Waals surface area contributed by atoms with Gasteiger partial charge in [-0.15, -0.1) is 0 Å². The summed E-state index contributed by atoms with van der Waals surface area (Å²) in [6.07, 6.45) is 2.38. The van der Waals surface area contributed by atoms with E-state index in [9.17, 15) is 28.8 Å². The number of aryl methyl sites for hydroxylation is 3. The molecule has 30 heteroatoms. The minimum Gasteiger partial charge on any atom is -0.447 e. The molecule has 12 N–H and O–H groups in total. The van der Waals surface area contributed by atoms with Gasteiger partial charge in [0.1, 0.15) is 39.6 Å². The van der Waals surface area contributed by atoms with Gasteiger partial charge in [0.05, 0.1) is 36.3 Å². The molecule has 12 heterocycles. The number of nitrogens with zero attached hydrogens (tertiary/aromatic N) is 6. The summed E-state index contributed by atoms with van der Waals surface area (Å²) in [6.45, 7) is -23.3. The first-order chi connectivity index (χ1) is 75.0. The lowest BCUT2D eigenvalue weighted by Crippen LogP contribution is -2.28. The molecule has 12 aromatic rings. The third kappa shape index (κ3) is 26.5. The summed E-state index contributed by atoms with van der Waals surface area (Å²) in [4.78, 5) is 85.2. The van der Waals surface area contributed by atoms with Crippen LogP contribution in [0.4, 0.5) is 28.8 Å². The van der Waals surface area contributed by atoms with E-state index in [1.165, 1.54) is 58.6 Å². The monoisotopic (exact) mass is 1760 g/mol. The van der Waals surface area contributed by atoms with E-state index in [4.69, 9.17) is 78.0 Å². The summed E-state index contributed by atoms with van der Waals surface area (Å²) in [7, 11) is 9.68. The average molecular weight is 1760 g/mol. The molecule has 6 fully saturated rings. The van der Waals surface area contributed by atoms with Crippen LogP contribution >= 0.6 is 0 Å². The molecule has 6 atom stereocenters. The Morgan fingerprint density at radius 1 is 0.302 bits per heavy atom. The normalized spacial score (nSPS) is 24.0. The zero-order valence-corrected chi connectivity index (χ0v) is 70.3. The summed E-state index contributed by atoms with van der Waals surface area (Å²) >= 11 is 0. The molecule has 672 valence electrons. The summed E-state index contributed by atoms with van der Waals surface area (Å²) in [5.41, 5.74) is 12.0. The van der Waals surface area contributed by atoms with Crippen molar-refractivity contribution in [1.29, 1.82) is 0 Å². The number of hydrogen-bond acceptors (Lipinski definition) is 18. The van der Waals surface area contributed by atoms with E-state index in [1.54, 1.807) is 55.7 Å². The van der Waals surface area contributed by atoms with Gasteiger partial charge in [0.2, 0.25) is 0 Å². The number of H-pyrrole nitrogens is 6. The Kier molecular flexibility index (Phi) is 19.2. The van der Waals surface area contributed by atoms with E-state index < -0.39 is 123 Å². The summed E-state index contributed by atoms with van der Waals surface area (Å²) in [6, 6.07) is 31.2. The molecule has 30 nitrogen and oxygen atoms in total. The number of carbonyl (C=O) groups excluding carboxylic acids is 6. The van der Waals surface area contributed by atoms with Crippen molar-refractivity contribution in [3.8, 4) is 0 Å². The van der Waals surface area contributed by atoms with Crippen LogP contribution in [0.15, 0.2) is 146 Å². The molecule has 126 heavy (non-hydrogen) atoms. The summed E-state index contributed by atoms with van der Waals surface area (Å²) in [5, 5.41) is 14.6. The van der Waals surface area contributed by atoms with Gasteiger partial charge in [-0.2, -0.15) is 0 Å². The SMILES string of the molecule is [2H]C([2H])([2H])N(C([2H])([2H])[2H])C([2H])([2H])C([2H])([2H])c1c[nH]c2ccc(C[C@H]3COC(=O)N3)cc12.[2H]C([2H])([2H])N(C)C([2H])([2H])C([2H])([2H])c1c[nH]c2ccc(C[C@H]3COC(=O)N3)cc12.[2H]C([2H])(c1c[nH]c2ccc(C[C@H]3COC(=O)N3)cc12)C([2H])([2H])N(C)C.[2H]N1C(=O)OC[C@@H]1Cc1ccc2c(c1)c(CCN(C([2H])([2H])[2H])C([2H])([2H])[2H])cn2[2H].[2H]N1C(=O)OC[C@@H]1Cc1ccc2c(c1)c(CCN(C)C([2H])([2H])[2H])cn2[2H].[2H]N1C(=O)OC[C@@H]1Cc1ccc2c(c1)c(CCN(C)C)cn2[2H]. The van der Waals surface area contributed by atoms with Gasteiger partial charge in [-0.3, -0.25) is 0 Å². The van der Waals surface area contributed by atoms with Gasteiger partial charge in [0.25, 0.3) is 0 Å². The fourth-order valence-electron chi connectivity index (χ4n) is 14.7. The van der Waals surface area contributed by atoms with E-state index in [0.29, 0.717) is 112 Å². The Morgan fingerprint density at radius 3 is 0.841 bits per heavy atom. The van der Waals surface area contributed by atoms with E-state index in [-0.39, 0.29) is 103 Å². The summed E-state index contributed by atoms with van der Waals surface area (Å²) in [5.74, 6) is 0. The maximum absolute atomic E-state index is 11.3. The minimum atomic E-state index is -3.42. The number of cyclic esters (lactones) is 6. The second-order valence-corrected chi connectivity index (χ2v) is 31.4. The molecular formula is C96H126N18O12. The molecular weight excluding hydrogens is 1600 g/mol. The van der Waals surface area contributed by atoms with Crippen molar-refractivity contribution in [2.75, 3.05) is 163 Å². The Labute approximate surface area is 787 Å². The quantitative estimate of drug-likeness (QED) is 0.0186. The Hall–Kier alpha value is -12.1. The molecule has 6 aliphatic heterocycles. The standard InChI is InChI=1S/6C16H21N3O2/c6*1-19(2)6-5-12-9-17-15-4-3-11(8-14(12)15)7-13-10-21-16(20)18-13/h6*3-4,8-9,13,17H,5-7,10H2,1-2H3,(H,18,20)/t6*13-/m000000/s1/i1D3,2D3,5D2,6D2;1D3,5D2,6D2;5D2,6D2;1D3,2D3;1D3;/hD6. The first-order valence-corrected chi connectivity index (χ1v) is 40.7. The Morgan fingerprint density at radius 2 is 0.563 bits per heavy atom. The Bertz CT molecular complexity index is 7300. The van der Waals surface area contributed by atoms with Crippen LogP contribution in [0.1, 0.15) is 108 Å². The molecule has 18 rings (SSSR count). The fraction of sp³-hybridized carbons (Fsp3) is 0.438. The van der Waals surface area contributed by atoms with Crippen molar-refractivity contribution in [3.63, 3.8) is 0 Å². The number of hydrogen-bond donors (Lipinski definition) is 12. The van der Waals surface area contributed by atoms with Crippen molar-refractivity contribution >= 4 is 102 Å². The number of likely N-dealkylation sites (N-methyl/N-ethyl adjacent to an activating group) is 6. The van der Waals surface area contributed by atoms with Crippen LogP contribution < -0.4 is 31.9 Å². The van der Waals surface area contributed by atoms with Crippen LogP contribution in [0.2, 0.25) is 8.47 Å². The van der Waals surface area contributed by atoms with Gasteiger partial charge < -0.3 is 120 Å². The molecule has 0 aliphatic carbocycles. The zero-order valence-electron chi connectivity index (χ0n) is 106. The number of rotatable bonds is 30. The van der Waals surface area contributed by atoms with Crippen LogP contribution in [0.25, 0.3) is 65.4 Å². The van der Waals surface area contributed by atoms with E-state index in [0.717, 1.165) is 107 Å². The van der Waals surface area contributed by atoms with Crippen molar-refractivity contribution in [2.45, 2.75) is 113 Å². The number of fused-ring (bicyclic) bond motifs is 6. The molecule has 0 bridgehead atoms. The third-order valence-electron chi connectivity index (χ3n) is 20.9. The lowest BCUT2D eigenvalue weighted by molar-refractivity contribution is 0.176. The van der Waals surface area contributed by atoms with Crippen LogP contribution in [-0.4, -0.2) is 295 Å². The molecule has 0 saturated carbocycles. The molecule has 6 aromatic carbocycles. The number of benzene rings is 6. The molecule has 0 spiro atoms. The van der Waals surface area contributed by atoms with Crippen molar-refractivity contribution < 1.29 is 107 Å². The van der Waals surface area contributed by atoms with Crippen LogP contribution in [-0.2, 0) is 105 Å². The van der Waals surface area contributed by atoms with Gasteiger partial charge in [-0.25, -0.2) is 28.8 Å². The molecule has 6 aromatic heterocycles. The van der Waals surface area contributed by atoms with Gasteiger partial charge in [0.15, 0.2) is 8.47 Å². The molecule has 6 amide bonds.